The van der Waals surface area contributed by atoms with Crippen molar-refractivity contribution < 1.29 is 4.79 Å². The molecule has 0 saturated heterocycles. The number of amides is 1. The molecule has 0 aromatic carbocycles. The van der Waals surface area contributed by atoms with Gasteiger partial charge in [-0.05, 0) is 31.5 Å². The summed E-state index contributed by atoms with van der Waals surface area (Å²) in [5.74, 6) is 0.802. The van der Waals surface area contributed by atoms with Crippen molar-refractivity contribution in [2.75, 3.05) is 30.9 Å². The molecular formula is C13H22N4O. The predicted molar refractivity (Wildman–Crippen MR) is 74.7 cm³/mol. The van der Waals surface area contributed by atoms with Gasteiger partial charge in [-0.3, -0.25) is 4.79 Å². The Balaban J connectivity index is 2.49. The summed E-state index contributed by atoms with van der Waals surface area (Å²) in [4.78, 5) is 17.9. The summed E-state index contributed by atoms with van der Waals surface area (Å²) < 4.78 is 0. The lowest BCUT2D eigenvalue weighted by molar-refractivity contribution is -0.116. The zero-order valence-corrected chi connectivity index (χ0v) is 11.1. The van der Waals surface area contributed by atoms with E-state index in [1.165, 1.54) is 0 Å². The Morgan fingerprint density at radius 3 is 2.83 bits per heavy atom. The number of aromatic nitrogens is 1. The van der Waals surface area contributed by atoms with Crippen molar-refractivity contribution in [1.82, 2.24) is 4.98 Å². The van der Waals surface area contributed by atoms with Crippen LogP contribution >= 0.6 is 0 Å². The molecule has 0 aliphatic heterocycles. The lowest BCUT2D eigenvalue weighted by atomic mass is 10.2. The minimum absolute atomic E-state index is 0.0307. The monoisotopic (exact) mass is 250 g/mol. The maximum absolute atomic E-state index is 11.8. The summed E-state index contributed by atoms with van der Waals surface area (Å²) in [5.41, 5.74) is 6.16. The van der Waals surface area contributed by atoms with E-state index in [1.54, 1.807) is 6.20 Å². The summed E-state index contributed by atoms with van der Waals surface area (Å²) in [7, 11) is 3.80. The maximum Gasteiger partial charge on any atom is 0.224 e. The summed E-state index contributed by atoms with van der Waals surface area (Å²) in [6.07, 6.45) is 5.09. The van der Waals surface area contributed by atoms with E-state index >= 15 is 0 Å². The van der Waals surface area contributed by atoms with Gasteiger partial charge in [-0.15, -0.1) is 0 Å². The number of nitrogens with two attached hydrogens (primary N) is 1. The average Bonchev–Trinajstić information content (AvgIpc) is 2.35. The van der Waals surface area contributed by atoms with Crippen LogP contribution in [0.15, 0.2) is 18.3 Å². The molecule has 0 spiro atoms. The first-order valence-electron chi connectivity index (χ1n) is 6.27. The third-order valence-corrected chi connectivity index (χ3v) is 2.59. The Morgan fingerprint density at radius 1 is 1.39 bits per heavy atom. The first-order chi connectivity index (χ1) is 8.65. The normalized spacial score (nSPS) is 10.2. The van der Waals surface area contributed by atoms with Crippen LogP contribution in [0.5, 0.6) is 0 Å². The fourth-order valence-corrected chi connectivity index (χ4v) is 1.67. The lowest BCUT2D eigenvalue weighted by Crippen LogP contribution is -2.17. The summed E-state index contributed by atoms with van der Waals surface area (Å²) >= 11 is 0. The second-order valence-electron chi connectivity index (χ2n) is 4.42. The van der Waals surface area contributed by atoms with Crippen LogP contribution < -0.4 is 16.0 Å². The third kappa shape index (κ3) is 4.71. The van der Waals surface area contributed by atoms with Gasteiger partial charge >= 0.3 is 0 Å². The van der Waals surface area contributed by atoms with E-state index in [1.807, 2.05) is 31.1 Å². The van der Waals surface area contributed by atoms with E-state index < -0.39 is 0 Å². The van der Waals surface area contributed by atoms with Gasteiger partial charge in [0, 0.05) is 26.7 Å². The van der Waals surface area contributed by atoms with Crippen molar-refractivity contribution in [3.63, 3.8) is 0 Å². The van der Waals surface area contributed by atoms with Crippen LogP contribution in [-0.2, 0) is 4.79 Å². The van der Waals surface area contributed by atoms with Crippen LogP contribution in [0.1, 0.15) is 25.7 Å². The number of carbonyl (C=O) groups is 1. The van der Waals surface area contributed by atoms with Crippen molar-refractivity contribution in [3.8, 4) is 0 Å². The number of carbonyl (C=O) groups excluding carboxylic acids is 1. The molecule has 0 radical (unpaired) electrons. The van der Waals surface area contributed by atoms with Gasteiger partial charge in [0.15, 0.2) is 5.82 Å². The fourth-order valence-electron chi connectivity index (χ4n) is 1.67. The van der Waals surface area contributed by atoms with Crippen molar-refractivity contribution in [1.29, 1.82) is 0 Å². The summed E-state index contributed by atoms with van der Waals surface area (Å²) in [6, 6.07) is 3.68. The number of rotatable bonds is 7. The number of hydrogen-bond donors (Lipinski definition) is 2. The number of anilines is 2. The zero-order chi connectivity index (χ0) is 13.4. The van der Waals surface area contributed by atoms with Crippen LogP contribution in [0.25, 0.3) is 0 Å². The van der Waals surface area contributed by atoms with Gasteiger partial charge in [-0.25, -0.2) is 4.98 Å². The van der Waals surface area contributed by atoms with Crippen LogP contribution in [-0.4, -0.2) is 31.5 Å². The van der Waals surface area contributed by atoms with Crippen LogP contribution in [0.2, 0.25) is 0 Å². The highest BCUT2D eigenvalue weighted by Crippen LogP contribution is 2.20. The van der Waals surface area contributed by atoms with E-state index in [0.717, 1.165) is 30.8 Å². The van der Waals surface area contributed by atoms with E-state index in [4.69, 9.17) is 5.73 Å². The SMILES string of the molecule is CN(C)c1ncccc1NC(=O)CCCCCN. The number of hydrogen-bond acceptors (Lipinski definition) is 4. The fraction of sp³-hybridized carbons (Fsp3) is 0.538. The van der Waals surface area contributed by atoms with Crippen LogP contribution in [0.4, 0.5) is 11.5 Å². The minimum atomic E-state index is 0.0307. The molecule has 1 rings (SSSR count). The Kier molecular flexibility index (Phi) is 6.14. The number of unbranched alkanes of at least 4 members (excludes halogenated alkanes) is 2. The molecule has 18 heavy (non-hydrogen) atoms. The molecule has 0 atom stereocenters. The lowest BCUT2D eigenvalue weighted by Gasteiger charge is -2.16. The van der Waals surface area contributed by atoms with Crippen LogP contribution in [0, 0.1) is 0 Å². The first kappa shape index (κ1) is 14.4. The molecule has 5 nitrogen and oxygen atoms in total. The molecule has 3 N–H and O–H groups in total. The molecule has 0 saturated carbocycles. The maximum atomic E-state index is 11.8. The highest BCUT2D eigenvalue weighted by Gasteiger charge is 2.08. The van der Waals surface area contributed by atoms with E-state index in [2.05, 4.69) is 10.3 Å². The van der Waals surface area contributed by atoms with Gasteiger partial charge in [0.25, 0.3) is 0 Å². The summed E-state index contributed by atoms with van der Waals surface area (Å²) in [6.45, 7) is 0.689. The van der Waals surface area contributed by atoms with E-state index in [-0.39, 0.29) is 5.91 Å². The average molecular weight is 250 g/mol. The molecular weight excluding hydrogens is 228 g/mol. The summed E-state index contributed by atoms with van der Waals surface area (Å²) in [5, 5.41) is 2.89. The molecule has 1 aromatic rings. The Labute approximate surface area is 108 Å². The van der Waals surface area contributed by atoms with Crippen molar-refractivity contribution in [2.45, 2.75) is 25.7 Å². The topological polar surface area (TPSA) is 71.2 Å². The Hall–Kier alpha value is -1.62. The molecule has 5 heteroatoms. The molecule has 0 bridgehead atoms. The molecule has 0 fully saturated rings. The number of pyridine rings is 1. The van der Waals surface area contributed by atoms with E-state index in [9.17, 15) is 4.79 Å². The molecule has 1 amide bonds. The molecule has 1 heterocycles. The van der Waals surface area contributed by atoms with Gasteiger partial charge in [0.2, 0.25) is 5.91 Å². The zero-order valence-electron chi connectivity index (χ0n) is 11.1. The van der Waals surface area contributed by atoms with Crippen molar-refractivity contribution in [3.05, 3.63) is 18.3 Å². The Morgan fingerprint density at radius 2 is 2.17 bits per heavy atom. The molecule has 0 unspecified atom stereocenters. The van der Waals surface area contributed by atoms with Crippen molar-refractivity contribution in [2.24, 2.45) is 5.73 Å². The highest BCUT2D eigenvalue weighted by molar-refractivity contribution is 5.93. The second kappa shape index (κ2) is 7.66. The Bertz CT molecular complexity index is 379. The smallest absolute Gasteiger partial charge is 0.224 e. The van der Waals surface area contributed by atoms with Crippen molar-refractivity contribution >= 4 is 17.4 Å². The molecule has 1 aromatic heterocycles. The van der Waals surface area contributed by atoms with Gasteiger partial charge in [-0.2, -0.15) is 0 Å². The van der Waals surface area contributed by atoms with E-state index in [0.29, 0.717) is 13.0 Å². The van der Waals surface area contributed by atoms with Gasteiger partial charge in [-0.1, -0.05) is 6.42 Å². The quantitative estimate of drug-likeness (QED) is 0.721. The second-order valence-corrected chi connectivity index (χ2v) is 4.42. The van der Waals surface area contributed by atoms with Gasteiger partial charge in [0.05, 0.1) is 5.69 Å². The largest absolute Gasteiger partial charge is 0.361 e. The highest BCUT2D eigenvalue weighted by atomic mass is 16.1. The standard InChI is InChI=1S/C13H22N4O/c1-17(2)13-11(7-6-10-15-13)16-12(18)8-4-3-5-9-14/h6-7,10H,3-5,8-9,14H2,1-2H3,(H,16,18). The molecule has 100 valence electrons. The molecule has 0 aliphatic rings. The predicted octanol–water partition coefficient (Wildman–Crippen LogP) is 1.61. The number of nitrogens with zero attached hydrogens (tertiary/aromatic N) is 2. The first-order valence-corrected chi connectivity index (χ1v) is 6.27. The number of nitrogens with one attached hydrogen (secondary N) is 1. The van der Waals surface area contributed by atoms with Gasteiger partial charge in [0.1, 0.15) is 0 Å². The van der Waals surface area contributed by atoms with Gasteiger partial charge < -0.3 is 16.0 Å². The molecule has 0 aliphatic carbocycles. The third-order valence-electron chi connectivity index (χ3n) is 2.59. The van der Waals surface area contributed by atoms with Crippen LogP contribution in [0.3, 0.4) is 0 Å². The minimum Gasteiger partial charge on any atom is -0.361 e.